The molecule has 0 bridgehead atoms. The van der Waals surface area contributed by atoms with E-state index in [-0.39, 0.29) is 0 Å². The zero-order valence-corrected chi connectivity index (χ0v) is 8.34. The number of phenolic OH excluding ortho intramolecular Hbond substituents is 1. The molecule has 12 heavy (non-hydrogen) atoms. The molecule has 2 rings (SSSR count). The SMILES string of the molecule is Oc1ccc(Br)cc1CC1CC1. The van der Waals surface area contributed by atoms with Crippen molar-refractivity contribution in [3.63, 3.8) is 0 Å². The maximum atomic E-state index is 9.49. The highest BCUT2D eigenvalue weighted by Gasteiger charge is 2.22. The van der Waals surface area contributed by atoms with Crippen molar-refractivity contribution in [1.29, 1.82) is 0 Å². The molecule has 64 valence electrons. The van der Waals surface area contributed by atoms with Gasteiger partial charge >= 0.3 is 0 Å². The molecule has 2 heteroatoms. The molecule has 1 saturated carbocycles. The highest BCUT2D eigenvalue weighted by Crippen LogP contribution is 2.35. The Hall–Kier alpha value is -0.500. The third-order valence-corrected chi connectivity index (χ3v) is 2.74. The van der Waals surface area contributed by atoms with Crippen molar-refractivity contribution >= 4 is 15.9 Å². The molecule has 1 fully saturated rings. The maximum Gasteiger partial charge on any atom is 0.118 e. The third kappa shape index (κ3) is 1.81. The summed E-state index contributed by atoms with van der Waals surface area (Å²) in [7, 11) is 0. The summed E-state index contributed by atoms with van der Waals surface area (Å²) in [4.78, 5) is 0. The van der Waals surface area contributed by atoms with Crippen molar-refractivity contribution in [2.45, 2.75) is 19.3 Å². The van der Waals surface area contributed by atoms with E-state index < -0.39 is 0 Å². The Morgan fingerprint density at radius 2 is 2.17 bits per heavy atom. The fraction of sp³-hybridized carbons (Fsp3) is 0.400. The molecule has 1 N–H and O–H groups in total. The van der Waals surface area contributed by atoms with Crippen molar-refractivity contribution in [3.05, 3.63) is 28.2 Å². The highest BCUT2D eigenvalue weighted by molar-refractivity contribution is 9.10. The number of halogens is 1. The van der Waals surface area contributed by atoms with Gasteiger partial charge in [-0.05, 0) is 48.9 Å². The average Bonchev–Trinajstić information content (AvgIpc) is 2.81. The predicted molar refractivity (Wildman–Crippen MR) is 52.2 cm³/mol. The number of rotatable bonds is 2. The molecule has 1 nitrogen and oxygen atoms in total. The summed E-state index contributed by atoms with van der Waals surface area (Å²) >= 11 is 3.40. The van der Waals surface area contributed by atoms with E-state index in [1.165, 1.54) is 12.8 Å². The molecule has 1 aromatic rings. The van der Waals surface area contributed by atoms with Gasteiger partial charge in [0.05, 0.1) is 0 Å². The van der Waals surface area contributed by atoms with Gasteiger partial charge in [-0.25, -0.2) is 0 Å². The predicted octanol–water partition coefficient (Wildman–Crippen LogP) is 3.11. The minimum absolute atomic E-state index is 0.435. The van der Waals surface area contributed by atoms with Crippen LogP contribution in [0.3, 0.4) is 0 Å². The van der Waals surface area contributed by atoms with Gasteiger partial charge in [-0.2, -0.15) is 0 Å². The van der Waals surface area contributed by atoms with Gasteiger partial charge in [0, 0.05) is 4.47 Å². The fourth-order valence-corrected chi connectivity index (χ4v) is 1.76. The lowest BCUT2D eigenvalue weighted by Crippen LogP contribution is -1.87. The largest absolute Gasteiger partial charge is 0.508 e. The topological polar surface area (TPSA) is 20.2 Å². The number of hydrogen-bond acceptors (Lipinski definition) is 1. The van der Waals surface area contributed by atoms with Crippen LogP contribution in [0.2, 0.25) is 0 Å². The van der Waals surface area contributed by atoms with Gasteiger partial charge in [0.1, 0.15) is 5.75 Å². The highest BCUT2D eigenvalue weighted by atomic mass is 79.9. The van der Waals surface area contributed by atoms with Crippen molar-refractivity contribution in [3.8, 4) is 5.75 Å². The Morgan fingerprint density at radius 1 is 1.42 bits per heavy atom. The molecule has 1 aliphatic carbocycles. The van der Waals surface area contributed by atoms with Gasteiger partial charge in [0.2, 0.25) is 0 Å². The standard InChI is InChI=1S/C10H11BrO/c11-9-3-4-10(12)8(6-9)5-7-1-2-7/h3-4,6-7,12H,1-2,5H2. The minimum Gasteiger partial charge on any atom is -0.508 e. The summed E-state index contributed by atoms with van der Waals surface area (Å²) in [6.45, 7) is 0. The van der Waals surface area contributed by atoms with Crippen LogP contribution in [0, 0.1) is 5.92 Å². The van der Waals surface area contributed by atoms with Crippen LogP contribution >= 0.6 is 15.9 Å². The van der Waals surface area contributed by atoms with Gasteiger partial charge in [-0.15, -0.1) is 0 Å². The molecule has 0 aromatic heterocycles. The van der Waals surface area contributed by atoms with Crippen LogP contribution in [-0.2, 0) is 6.42 Å². The number of aromatic hydroxyl groups is 1. The third-order valence-electron chi connectivity index (χ3n) is 2.25. The van der Waals surface area contributed by atoms with Crippen LogP contribution in [0.25, 0.3) is 0 Å². The zero-order valence-electron chi connectivity index (χ0n) is 6.76. The Balaban J connectivity index is 2.21. The molecule has 1 aliphatic rings. The first kappa shape index (κ1) is 8.11. The summed E-state index contributed by atoms with van der Waals surface area (Å²) in [5.74, 6) is 1.26. The van der Waals surface area contributed by atoms with Crippen LogP contribution in [0.1, 0.15) is 18.4 Å². The van der Waals surface area contributed by atoms with Crippen molar-refractivity contribution in [1.82, 2.24) is 0 Å². The normalized spacial score (nSPS) is 16.4. The molecule has 0 amide bonds. The maximum absolute atomic E-state index is 9.49. The van der Waals surface area contributed by atoms with E-state index >= 15 is 0 Å². The van der Waals surface area contributed by atoms with Crippen molar-refractivity contribution < 1.29 is 5.11 Å². The Labute approximate surface area is 80.5 Å². The lowest BCUT2D eigenvalue weighted by Gasteiger charge is -2.03. The Morgan fingerprint density at radius 3 is 2.83 bits per heavy atom. The van der Waals surface area contributed by atoms with E-state index in [0.717, 1.165) is 22.4 Å². The summed E-state index contributed by atoms with van der Waals surface area (Å²) in [6, 6.07) is 5.63. The smallest absolute Gasteiger partial charge is 0.118 e. The van der Waals surface area contributed by atoms with Crippen LogP contribution in [0.5, 0.6) is 5.75 Å². The second-order valence-corrected chi connectivity index (χ2v) is 4.34. The summed E-state index contributed by atoms with van der Waals surface area (Å²) in [5, 5.41) is 9.49. The quantitative estimate of drug-likeness (QED) is 0.822. The number of benzene rings is 1. The molecule has 0 saturated heterocycles. The van der Waals surface area contributed by atoms with Gasteiger partial charge in [-0.3, -0.25) is 0 Å². The second-order valence-electron chi connectivity index (χ2n) is 3.42. The first-order chi connectivity index (χ1) is 5.75. The van der Waals surface area contributed by atoms with Gasteiger partial charge in [0.25, 0.3) is 0 Å². The van der Waals surface area contributed by atoms with Gasteiger partial charge in [-0.1, -0.05) is 15.9 Å². The molecule has 0 atom stereocenters. The number of hydrogen-bond donors (Lipinski definition) is 1. The van der Waals surface area contributed by atoms with Crippen LogP contribution < -0.4 is 0 Å². The average molecular weight is 227 g/mol. The lowest BCUT2D eigenvalue weighted by atomic mass is 10.1. The zero-order chi connectivity index (χ0) is 8.55. The van der Waals surface area contributed by atoms with Crippen molar-refractivity contribution in [2.75, 3.05) is 0 Å². The van der Waals surface area contributed by atoms with Crippen LogP contribution in [-0.4, -0.2) is 5.11 Å². The molecule has 0 heterocycles. The Kier molecular flexibility index (Phi) is 2.09. The summed E-state index contributed by atoms with van der Waals surface area (Å²) < 4.78 is 1.05. The molecule has 0 unspecified atom stereocenters. The fourth-order valence-electron chi connectivity index (χ4n) is 1.35. The molecule has 0 radical (unpaired) electrons. The molecule has 0 spiro atoms. The van der Waals surface area contributed by atoms with Gasteiger partial charge in [0.15, 0.2) is 0 Å². The first-order valence-electron chi connectivity index (χ1n) is 4.23. The summed E-state index contributed by atoms with van der Waals surface area (Å²) in [6.07, 6.45) is 3.68. The minimum atomic E-state index is 0.435. The molecular formula is C10H11BrO. The number of phenols is 1. The van der Waals surface area contributed by atoms with Crippen LogP contribution in [0.15, 0.2) is 22.7 Å². The van der Waals surface area contributed by atoms with E-state index in [9.17, 15) is 5.11 Å². The molecular weight excluding hydrogens is 216 g/mol. The van der Waals surface area contributed by atoms with Crippen molar-refractivity contribution in [2.24, 2.45) is 5.92 Å². The second kappa shape index (κ2) is 3.09. The Bertz CT molecular complexity index is 292. The van der Waals surface area contributed by atoms with Gasteiger partial charge < -0.3 is 5.11 Å². The van der Waals surface area contributed by atoms with E-state index in [1.54, 1.807) is 6.07 Å². The molecule has 0 aliphatic heterocycles. The first-order valence-corrected chi connectivity index (χ1v) is 5.02. The van der Waals surface area contributed by atoms with E-state index in [0.29, 0.717) is 5.75 Å². The van der Waals surface area contributed by atoms with E-state index in [1.807, 2.05) is 12.1 Å². The van der Waals surface area contributed by atoms with E-state index in [2.05, 4.69) is 15.9 Å². The lowest BCUT2D eigenvalue weighted by molar-refractivity contribution is 0.466. The monoisotopic (exact) mass is 226 g/mol. The van der Waals surface area contributed by atoms with Crippen LogP contribution in [0.4, 0.5) is 0 Å². The molecule has 1 aromatic carbocycles. The summed E-state index contributed by atoms with van der Waals surface area (Å²) in [5.41, 5.74) is 1.08. The van der Waals surface area contributed by atoms with E-state index in [4.69, 9.17) is 0 Å².